The van der Waals surface area contributed by atoms with Gasteiger partial charge in [-0.15, -0.1) is 0 Å². The molecule has 0 bridgehead atoms. The molecular formula is C18H19NO4. The van der Waals surface area contributed by atoms with E-state index in [2.05, 4.69) is 6.58 Å². The van der Waals surface area contributed by atoms with Gasteiger partial charge in [0.2, 0.25) is 0 Å². The molecule has 0 saturated heterocycles. The van der Waals surface area contributed by atoms with Crippen LogP contribution in [0.2, 0.25) is 0 Å². The Morgan fingerprint density at radius 3 is 2.48 bits per heavy atom. The standard InChI is InChI=1S/C18H19NO4/c1-4-22-18(21)15(12-19)11-14-5-7-16(8-6-14)23-10-9-17(20)13(2)3/h5-8,11H,2,4,9-10H2,1,3H3. The maximum Gasteiger partial charge on any atom is 0.348 e. The lowest BCUT2D eigenvalue weighted by molar-refractivity contribution is -0.137. The summed E-state index contributed by atoms with van der Waals surface area (Å²) < 4.78 is 10.3. The third-order valence-electron chi connectivity index (χ3n) is 2.88. The van der Waals surface area contributed by atoms with Crippen molar-refractivity contribution in [3.63, 3.8) is 0 Å². The van der Waals surface area contributed by atoms with Crippen LogP contribution >= 0.6 is 0 Å². The van der Waals surface area contributed by atoms with Gasteiger partial charge in [0, 0.05) is 6.42 Å². The van der Waals surface area contributed by atoms with Crippen molar-refractivity contribution in [1.29, 1.82) is 5.26 Å². The number of rotatable bonds is 8. The van der Waals surface area contributed by atoms with Gasteiger partial charge in [-0.2, -0.15) is 5.26 Å². The lowest BCUT2D eigenvalue weighted by Gasteiger charge is -2.06. The van der Waals surface area contributed by atoms with Crippen LogP contribution in [0.1, 0.15) is 25.8 Å². The van der Waals surface area contributed by atoms with Gasteiger partial charge in [0.05, 0.1) is 13.2 Å². The fraction of sp³-hybridized carbons (Fsp3) is 0.278. The number of ether oxygens (including phenoxy) is 2. The highest BCUT2D eigenvalue weighted by atomic mass is 16.5. The van der Waals surface area contributed by atoms with Crippen LogP contribution in [0, 0.1) is 11.3 Å². The molecule has 0 aliphatic rings. The van der Waals surface area contributed by atoms with E-state index in [0.29, 0.717) is 16.9 Å². The molecule has 23 heavy (non-hydrogen) atoms. The van der Waals surface area contributed by atoms with E-state index in [0.717, 1.165) is 0 Å². The zero-order chi connectivity index (χ0) is 17.2. The monoisotopic (exact) mass is 313 g/mol. The number of nitrogens with zero attached hydrogens (tertiary/aromatic N) is 1. The molecule has 0 N–H and O–H groups in total. The average Bonchev–Trinajstić information content (AvgIpc) is 2.53. The number of esters is 1. The van der Waals surface area contributed by atoms with Crippen molar-refractivity contribution >= 4 is 17.8 Å². The SMILES string of the molecule is C=C(C)C(=O)CCOc1ccc(C=C(C#N)C(=O)OCC)cc1. The van der Waals surface area contributed by atoms with E-state index in [4.69, 9.17) is 14.7 Å². The van der Waals surface area contributed by atoms with E-state index < -0.39 is 5.97 Å². The Kier molecular flexibility index (Phi) is 7.28. The van der Waals surface area contributed by atoms with E-state index in [1.807, 2.05) is 6.07 Å². The lowest BCUT2D eigenvalue weighted by atomic mass is 10.1. The van der Waals surface area contributed by atoms with Gasteiger partial charge in [-0.25, -0.2) is 4.79 Å². The molecule has 120 valence electrons. The maximum atomic E-state index is 11.5. The molecule has 0 aliphatic heterocycles. The van der Waals surface area contributed by atoms with E-state index in [9.17, 15) is 9.59 Å². The number of Topliss-reactive ketones (excluding diaryl/α,β-unsaturated/α-hetero) is 1. The van der Waals surface area contributed by atoms with Crippen LogP contribution in [0.3, 0.4) is 0 Å². The van der Waals surface area contributed by atoms with Crippen LogP contribution in [-0.4, -0.2) is 25.0 Å². The smallest absolute Gasteiger partial charge is 0.348 e. The molecule has 0 spiro atoms. The second-order valence-corrected chi connectivity index (χ2v) is 4.76. The topological polar surface area (TPSA) is 76.4 Å². The molecule has 0 amide bonds. The molecule has 0 atom stereocenters. The van der Waals surface area contributed by atoms with Crippen molar-refractivity contribution < 1.29 is 19.1 Å². The summed E-state index contributed by atoms with van der Waals surface area (Å²) in [4.78, 5) is 22.9. The minimum absolute atomic E-state index is 0.0300. The Morgan fingerprint density at radius 1 is 1.30 bits per heavy atom. The van der Waals surface area contributed by atoms with Crippen molar-refractivity contribution in [2.75, 3.05) is 13.2 Å². The molecule has 5 nitrogen and oxygen atoms in total. The highest BCUT2D eigenvalue weighted by Gasteiger charge is 2.09. The first kappa shape index (κ1) is 18.2. The van der Waals surface area contributed by atoms with Gasteiger partial charge in [0.15, 0.2) is 5.78 Å². The summed E-state index contributed by atoms with van der Waals surface area (Å²) >= 11 is 0. The molecule has 0 saturated carbocycles. The number of ketones is 1. The quantitative estimate of drug-likeness (QED) is 0.419. The van der Waals surface area contributed by atoms with Crippen molar-refractivity contribution in [1.82, 2.24) is 0 Å². The molecule has 1 rings (SSSR count). The first-order chi connectivity index (χ1) is 11.0. The summed E-state index contributed by atoms with van der Waals surface area (Å²) in [6.07, 6.45) is 1.73. The van der Waals surface area contributed by atoms with E-state index >= 15 is 0 Å². The Bertz CT molecular complexity index is 651. The van der Waals surface area contributed by atoms with Crippen molar-refractivity contribution in [3.8, 4) is 11.8 Å². The van der Waals surface area contributed by atoms with E-state index in [1.54, 1.807) is 38.1 Å². The fourth-order valence-corrected chi connectivity index (χ4v) is 1.65. The molecule has 0 fully saturated rings. The lowest BCUT2D eigenvalue weighted by Crippen LogP contribution is -2.06. The first-order valence-electron chi connectivity index (χ1n) is 7.18. The van der Waals surface area contributed by atoms with Gasteiger partial charge in [-0.1, -0.05) is 18.7 Å². The summed E-state index contributed by atoms with van der Waals surface area (Å²) in [5.41, 5.74) is 1.13. The normalized spacial score (nSPS) is 10.6. The number of hydrogen-bond donors (Lipinski definition) is 0. The zero-order valence-electron chi connectivity index (χ0n) is 13.3. The van der Waals surface area contributed by atoms with E-state index in [-0.39, 0.29) is 31.0 Å². The Hall–Kier alpha value is -2.87. The predicted molar refractivity (Wildman–Crippen MR) is 86.6 cm³/mol. The molecule has 1 aromatic rings. The molecule has 0 aliphatic carbocycles. The third kappa shape index (κ3) is 6.18. The van der Waals surface area contributed by atoms with Gasteiger partial charge >= 0.3 is 5.97 Å². The van der Waals surface area contributed by atoms with Crippen LogP contribution in [0.25, 0.3) is 6.08 Å². The molecule has 1 aromatic carbocycles. The second kappa shape index (κ2) is 9.21. The summed E-state index contributed by atoms with van der Waals surface area (Å²) in [5.74, 6) is -0.0717. The van der Waals surface area contributed by atoms with Crippen molar-refractivity contribution in [2.24, 2.45) is 0 Å². The second-order valence-electron chi connectivity index (χ2n) is 4.76. The molecule has 0 aromatic heterocycles. The summed E-state index contributed by atoms with van der Waals surface area (Å²) in [7, 11) is 0. The minimum Gasteiger partial charge on any atom is -0.493 e. The molecule has 0 unspecified atom stereocenters. The highest BCUT2D eigenvalue weighted by Crippen LogP contribution is 2.15. The molecule has 0 radical (unpaired) electrons. The van der Waals surface area contributed by atoms with Crippen molar-refractivity contribution in [2.45, 2.75) is 20.3 Å². The molecular weight excluding hydrogens is 294 g/mol. The van der Waals surface area contributed by atoms with Gasteiger partial charge in [-0.3, -0.25) is 4.79 Å². The largest absolute Gasteiger partial charge is 0.493 e. The number of carbonyl (C=O) groups is 2. The van der Waals surface area contributed by atoms with Crippen LogP contribution < -0.4 is 4.74 Å². The highest BCUT2D eigenvalue weighted by molar-refractivity contribution is 5.97. The van der Waals surface area contributed by atoms with Gasteiger partial charge in [0.25, 0.3) is 0 Å². The number of hydrogen-bond acceptors (Lipinski definition) is 5. The van der Waals surface area contributed by atoms with Crippen LogP contribution in [0.4, 0.5) is 0 Å². The van der Waals surface area contributed by atoms with Crippen LogP contribution in [0.15, 0.2) is 42.0 Å². The predicted octanol–water partition coefficient (Wildman–Crippen LogP) is 3.07. The third-order valence-corrected chi connectivity index (χ3v) is 2.88. The van der Waals surface area contributed by atoms with Gasteiger partial charge < -0.3 is 9.47 Å². The minimum atomic E-state index is -0.645. The first-order valence-corrected chi connectivity index (χ1v) is 7.18. The van der Waals surface area contributed by atoms with E-state index in [1.165, 1.54) is 6.08 Å². The van der Waals surface area contributed by atoms with Gasteiger partial charge in [-0.05, 0) is 43.2 Å². The van der Waals surface area contributed by atoms with Crippen LogP contribution in [-0.2, 0) is 14.3 Å². The number of benzene rings is 1. The number of allylic oxidation sites excluding steroid dienone is 1. The summed E-state index contributed by atoms with van der Waals surface area (Å²) in [6, 6.07) is 8.66. The summed E-state index contributed by atoms with van der Waals surface area (Å²) in [6.45, 7) is 7.41. The Balaban J connectivity index is 2.66. The van der Waals surface area contributed by atoms with Crippen molar-refractivity contribution in [3.05, 3.63) is 47.6 Å². The molecule has 0 heterocycles. The average molecular weight is 313 g/mol. The van der Waals surface area contributed by atoms with Crippen LogP contribution in [0.5, 0.6) is 5.75 Å². The summed E-state index contributed by atoms with van der Waals surface area (Å²) in [5, 5.41) is 8.97. The maximum absolute atomic E-state index is 11.5. The fourth-order valence-electron chi connectivity index (χ4n) is 1.65. The molecule has 5 heteroatoms. The number of nitriles is 1. The Morgan fingerprint density at radius 2 is 1.96 bits per heavy atom. The number of carbonyl (C=O) groups excluding carboxylic acids is 2. The zero-order valence-corrected chi connectivity index (χ0v) is 13.3. The Labute approximate surface area is 135 Å². The van der Waals surface area contributed by atoms with Gasteiger partial charge in [0.1, 0.15) is 17.4 Å².